The third-order valence-corrected chi connectivity index (χ3v) is 1.21. The minimum Gasteiger partial charge on any atom is -0.382 e. The Morgan fingerprint density at radius 2 is 1.73 bits per heavy atom. The van der Waals surface area contributed by atoms with Crippen molar-refractivity contribution in [1.29, 1.82) is 0 Å². The average molecular weight is 147 g/mol. The van der Waals surface area contributed by atoms with Crippen molar-refractivity contribution in [1.82, 2.24) is 19.9 Å². The standard InChI is InChI=1S/C6H5N5/c7-4-3-10-5-6(11-4)9-2-1-8-5/h1-3H,(H2,7,9,11). The Morgan fingerprint density at radius 1 is 1.00 bits per heavy atom. The lowest BCUT2D eigenvalue weighted by atomic mass is 10.6. The van der Waals surface area contributed by atoms with Crippen molar-refractivity contribution in [2.24, 2.45) is 0 Å². The maximum Gasteiger partial charge on any atom is 0.199 e. The van der Waals surface area contributed by atoms with Crippen molar-refractivity contribution in [2.45, 2.75) is 0 Å². The maximum atomic E-state index is 5.38. The number of rotatable bonds is 0. The van der Waals surface area contributed by atoms with E-state index in [1.807, 2.05) is 0 Å². The van der Waals surface area contributed by atoms with E-state index in [9.17, 15) is 0 Å². The molecule has 0 bridgehead atoms. The lowest BCUT2D eigenvalue weighted by molar-refractivity contribution is 1.16. The third kappa shape index (κ3) is 0.958. The third-order valence-electron chi connectivity index (χ3n) is 1.21. The SMILES string of the molecule is Nc1cnc2nccnc2n1. The fraction of sp³-hybridized carbons (Fsp3) is 0. The molecule has 5 nitrogen and oxygen atoms in total. The van der Waals surface area contributed by atoms with Crippen LogP contribution in [0, 0.1) is 0 Å². The van der Waals surface area contributed by atoms with E-state index in [0.717, 1.165) is 0 Å². The second-order valence-electron chi connectivity index (χ2n) is 2.00. The van der Waals surface area contributed by atoms with Gasteiger partial charge in [0, 0.05) is 12.4 Å². The Balaban J connectivity index is 2.83. The minimum atomic E-state index is 0.359. The van der Waals surface area contributed by atoms with Gasteiger partial charge in [-0.1, -0.05) is 0 Å². The van der Waals surface area contributed by atoms with E-state index in [2.05, 4.69) is 19.9 Å². The van der Waals surface area contributed by atoms with E-state index in [1.165, 1.54) is 6.20 Å². The van der Waals surface area contributed by atoms with Gasteiger partial charge in [0.25, 0.3) is 0 Å². The molecule has 54 valence electrons. The van der Waals surface area contributed by atoms with Crippen LogP contribution in [0.1, 0.15) is 0 Å². The van der Waals surface area contributed by atoms with E-state index in [4.69, 9.17) is 5.73 Å². The van der Waals surface area contributed by atoms with Gasteiger partial charge in [0.2, 0.25) is 0 Å². The molecule has 0 saturated heterocycles. The van der Waals surface area contributed by atoms with E-state index < -0.39 is 0 Å². The first kappa shape index (κ1) is 5.96. The van der Waals surface area contributed by atoms with Gasteiger partial charge < -0.3 is 5.73 Å². The molecular formula is C6H5N5. The minimum absolute atomic E-state index is 0.359. The molecule has 5 heteroatoms. The fourth-order valence-corrected chi connectivity index (χ4v) is 0.772. The first-order valence-corrected chi connectivity index (χ1v) is 3.05. The molecule has 11 heavy (non-hydrogen) atoms. The zero-order valence-corrected chi connectivity index (χ0v) is 5.60. The van der Waals surface area contributed by atoms with E-state index in [0.29, 0.717) is 17.1 Å². The summed E-state index contributed by atoms with van der Waals surface area (Å²) in [6.45, 7) is 0. The molecular weight excluding hydrogens is 142 g/mol. The summed E-state index contributed by atoms with van der Waals surface area (Å²) in [5.41, 5.74) is 6.38. The summed E-state index contributed by atoms with van der Waals surface area (Å²) in [7, 11) is 0. The van der Waals surface area contributed by atoms with Crippen LogP contribution in [0.25, 0.3) is 11.3 Å². The number of fused-ring (bicyclic) bond motifs is 1. The average Bonchev–Trinajstić information content (AvgIpc) is 2.04. The molecule has 0 radical (unpaired) electrons. The summed E-state index contributed by atoms with van der Waals surface area (Å²) < 4.78 is 0. The van der Waals surface area contributed by atoms with Crippen LogP contribution in [0.15, 0.2) is 18.6 Å². The topological polar surface area (TPSA) is 77.6 Å². The molecule has 2 aromatic heterocycles. The molecule has 0 unspecified atom stereocenters. The maximum absolute atomic E-state index is 5.38. The summed E-state index contributed by atoms with van der Waals surface area (Å²) in [4.78, 5) is 15.7. The van der Waals surface area contributed by atoms with Gasteiger partial charge in [0.05, 0.1) is 6.20 Å². The Labute approximate surface area is 62.3 Å². The van der Waals surface area contributed by atoms with Crippen LogP contribution in [0.3, 0.4) is 0 Å². The van der Waals surface area contributed by atoms with Gasteiger partial charge in [-0.25, -0.2) is 19.9 Å². The second kappa shape index (κ2) is 2.12. The second-order valence-corrected chi connectivity index (χ2v) is 2.00. The normalized spacial score (nSPS) is 10.2. The predicted octanol–water partition coefficient (Wildman–Crippen LogP) is 0.00200. The zero-order valence-electron chi connectivity index (χ0n) is 5.60. The predicted molar refractivity (Wildman–Crippen MR) is 39.5 cm³/mol. The van der Waals surface area contributed by atoms with Gasteiger partial charge in [-0.05, 0) is 0 Å². The van der Waals surface area contributed by atoms with E-state index >= 15 is 0 Å². The number of hydrogen-bond donors (Lipinski definition) is 1. The summed E-state index contributed by atoms with van der Waals surface area (Å²) >= 11 is 0. The molecule has 0 aliphatic heterocycles. The van der Waals surface area contributed by atoms with Crippen molar-refractivity contribution in [2.75, 3.05) is 5.73 Å². The van der Waals surface area contributed by atoms with E-state index in [-0.39, 0.29) is 0 Å². The summed E-state index contributed by atoms with van der Waals surface area (Å²) in [6, 6.07) is 0. The highest BCUT2D eigenvalue weighted by atomic mass is 15.0. The van der Waals surface area contributed by atoms with Gasteiger partial charge in [0.15, 0.2) is 11.3 Å². The van der Waals surface area contributed by atoms with Crippen LogP contribution in [-0.4, -0.2) is 19.9 Å². The van der Waals surface area contributed by atoms with E-state index in [1.54, 1.807) is 12.4 Å². The number of nitrogens with two attached hydrogens (primary N) is 1. The molecule has 0 atom stereocenters. The van der Waals surface area contributed by atoms with Gasteiger partial charge in [-0.3, -0.25) is 0 Å². The van der Waals surface area contributed by atoms with Crippen molar-refractivity contribution < 1.29 is 0 Å². The fourth-order valence-electron chi connectivity index (χ4n) is 0.772. The van der Waals surface area contributed by atoms with Crippen molar-refractivity contribution in [3.63, 3.8) is 0 Å². The van der Waals surface area contributed by atoms with Crippen molar-refractivity contribution >= 4 is 17.1 Å². The van der Waals surface area contributed by atoms with Gasteiger partial charge >= 0.3 is 0 Å². The number of anilines is 1. The van der Waals surface area contributed by atoms with Crippen LogP contribution < -0.4 is 5.73 Å². The Hall–Kier alpha value is -1.78. The molecule has 2 rings (SSSR count). The van der Waals surface area contributed by atoms with Crippen LogP contribution in [0.4, 0.5) is 5.82 Å². The van der Waals surface area contributed by atoms with Gasteiger partial charge in [-0.15, -0.1) is 0 Å². The van der Waals surface area contributed by atoms with Gasteiger partial charge in [0.1, 0.15) is 5.82 Å². The lowest BCUT2D eigenvalue weighted by Gasteiger charge is -1.93. The molecule has 0 aliphatic rings. The molecule has 2 N–H and O–H groups in total. The largest absolute Gasteiger partial charge is 0.382 e. The number of nitrogen functional groups attached to an aromatic ring is 1. The highest BCUT2D eigenvalue weighted by Crippen LogP contribution is 2.01. The van der Waals surface area contributed by atoms with Crippen molar-refractivity contribution in [3.05, 3.63) is 18.6 Å². The highest BCUT2D eigenvalue weighted by Gasteiger charge is 1.96. The highest BCUT2D eigenvalue weighted by molar-refractivity contribution is 5.64. The van der Waals surface area contributed by atoms with Crippen LogP contribution in [0.2, 0.25) is 0 Å². The molecule has 0 saturated carbocycles. The van der Waals surface area contributed by atoms with Crippen LogP contribution >= 0.6 is 0 Å². The molecule has 0 aromatic carbocycles. The lowest BCUT2D eigenvalue weighted by Crippen LogP contribution is -1.95. The van der Waals surface area contributed by atoms with Gasteiger partial charge in [-0.2, -0.15) is 0 Å². The number of nitrogens with zero attached hydrogens (tertiary/aromatic N) is 4. The van der Waals surface area contributed by atoms with Crippen LogP contribution in [0.5, 0.6) is 0 Å². The number of aromatic nitrogens is 4. The Kier molecular flexibility index (Phi) is 1.15. The van der Waals surface area contributed by atoms with Crippen LogP contribution in [-0.2, 0) is 0 Å². The molecule has 0 aliphatic carbocycles. The Morgan fingerprint density at radius 3 is 2.55 bits per heavy atom. The molecule has 0 spiro atoms. The molecule has 0 fully saturated rings. The monoisotopic (exact) mass is 147 g/mol. The molecule has 0 amide bonds. The summed E-state index contributed by atoms with van der Waals surface area (Å²) in [6.07, 6.45) is 4.57. The summed E-state index contributed by atoms with van der Waals surface area (Å²) in [5, 5.41) is 0. The first-order valence-electron chi connectivity index (χ1n) is 3.05. The van der Waals surface area contributed by atoms with Crippen molar-refractivity contribution in [3.8, 4) is 0 Å². The first-order chi connectivity index (χ1) is 5.36. The quantitative estimate of drug-likeness (QED) is 0.567. The molecule has 2 heterocycles. The number of hydrogen-bond acceptors (Lipinski definition) is 5. The smallest absolute Gasteiger partial charge is 0.199 e. The molecule has 2 aromatic rings. The summed E-state index contributed by atoms with van der Waals surface area (Å²) in [5.74, 6) is 0.359. The Bertz CT molecular complexity index is 385. The zero-order chi connectivity index (χ0) is 7.68.